The third-order valence-electron chi connectivity index (χ3n) is 4.72. The van der Waals surface area contributed by atoms with Crippen LogP contribution in [0.1, 0.15) is 43.7 Å². The molecule has 1 aromatic carbocycles. The maximum atomic E-state index is 6.39. The molecule has 0 radical (unpaired) electrons. The van der Waals surface area contributed by atoms with Crippen LogP contribution in [0.2, 0.25) is 0 Å². The molecule has 104 valence electrons. The molecule has 3 heteroatoms. The summed E-state index contributed by atoms with van der Waals surface area (Å²) in [5, 5.41) is 3.45. The molecule has 1 N–H and O–H groups in total. The Hall–Kier alpha value is -1.06. The van der Waals surface area contributed by atoms with Crippen molar-refractivity contribution >= 4 is 0 Å². The maximum Gasteiger partial charge on any atom is 0.124 e. The fourth-order valence-electron chi connectivity index (χ4n) is 3.54. The van der Waals surface area contributed by atoms with Gasteiger partial charge < -0.3 is 14.8 Å². The summed E-state index contributed by atoms with van der Waals surface area (Å²) in [6.07, 6.45) is 5.89. The zero-order valence-electron chi connectivity index (χ0n) is 11.8. The molecule has 0 saturated heterocycles. The number of nitrogens with one attached hydrogen (secondary N) is 1. The van der Waals surface area contributed by atoms with Crippen molar-refractivity contribution in [3.05, 3.63) is 29.8 Å². The first-order valence-corrected chi connectivity index (χ1v) is 7.24. The van der Waals surface area contributed by atoms with E-state index in [0.717, 1.165) is 37.9 Å². The molecule has 1 atom stereocenters. The molecule has 1 spiro atoms. The SMILES string of the molecule is CNC1CC2(CCC(OC)CC2)Oc2ccccc21. The van der Waals surface area contributed by atoms with E-state index in [1.54, 1.807) is 0 Å². The first-order chi connectivity index (χ1) is 9.26. The second-order valence-corrected chi connectivity index (χ2v) is 5.80. The Labute approximate surface area is 115 Å². The van der Waals surface area contributed by atoms with Crippen molar-refractivity contribution < 1.29 is 9.47 Å². The Bertz CT molecular complexity index is 438. The minimum Gasteiger partial charge on any atom is -0.487 e. The van der Waals surface area contributed by atoms with Crippen LogP contribution in [0.15, 0.2) is 24.3 Å². The van der Waals surface area contributed by atoms with Gasteiger partial charge in [0, 0.05) is 25.1 Å². The van der Waals surface area contributed by atoms with Crippen LogP contribution in [-0.4, -0.2) is 25.9 Å². The van der Waals surface area contributed by atoms with Crippen LogP contribution in [0, 0.1) is 0 Å². The van der Waals surface area contributed by atoms with E-state index in [-0.39, 0.29) is 5.60 Å². The average molecular weight is 261 g/mol. The lowest BCUT2D eigenvalue weighted by Crippen LogP contribution is -2.47. The molecule has 0 bridgehead atoms. The van der Waals surface area contributed by atoms with Crippen molar-refractivity contribution in [1.29, 1.82) is 0 Å². The van der Waals surface area contributed by atoms with E-state index in [1.165, 1.54) is 5.56 Å². The van der Waals surface area contributed by atoms with E-state index in [9.17, 15) is 0 Å². The molecule has 3 nitrogen and oxygen atoms in total. The fourth-order valence-corrected chi connectivity index (χ4v) is 3.54. The van der Waals surface area contributed by atoms with Crippen LogP contribution in [0.4, 0.5) is 0 Å². The monoisotopic (exact) mass is 261 g/mol. The summed E-state index contributed by atoms with van der Waals surface area (Å²) >= 11 is 0. The van der Waals surface area contributed by atoms with Crippen molar-refractivity contribution in [3.8, 4) is 5.75 Å². The van der Waals surface area contributed by atoms with Crippen LogP contribution in [-0.2, 0) is 4.74 Å². The molecule has 19 heavy (non-hydrogen) atoms. The number of benzene rings is 1. The summed E-state index contributed by atoms with van der Waals surface area (Å²) in [5.74, 6) is 1.06. The highest BCUT2D eigenvalue weighted by molar-refractivity contribution is 5.39. The highest BCUT2D eigenvalue weighted by Gasteiger charge is 2.43. The Balaban J connectivity index is 1.83. The summed E-state index contributed by atoms with van der Waals surface area (Å²) in [7, 11) is 3.86. The predicted molar refractivity (Wildman–Crippen MR) is 75.5 cm³/mol. The lowest BCUT2D eigenvalue weighted by atomic mass is 9.76. The number of fused-ring (bicyclic) bond motifs is 1. The number of rotatable bonds is 2. The zero-order valence-corrected chi connectivity index (χ0v) is 11.8. The molecular weight excluding hydrogens is 238 g/mol. The largest absolute Gasteiger partial charge is 0.487 e. The number of para-hydroxylation sites is 1. The third-order valence-corrected chi connectivity index (χ3v) is 4.72. The molecule has 2 aliphatic rings. The van der Waals surface area contributed by atoms with Crippen molar-refractivity contribution in [2.75, 3.05) is 14.2 Å². The smallest absolute Gasteiger partial charge is 0.124 e. The number of hydrogen-bond acceptors (Lipinski definition) is 3. The zero-order chi connectivity index (χ0) is 13.3. The van der Waals surface area contributed by atoms with Crippen LogP contribution >= 0.6 is 0 Å². The molecule has 1 aromatic rings. The summed E-state index contributed by atoms with van der Waals surface area (Å²) < 4.78 is 11.9. The van der Waals surface area contributed by atoms with E-state index in [0.29, 0.717) is 12.1 Å². The number of ether oxygens (including phenoxy) is 2. The Morgan fingerprint density at radius 3 is 2.68 bits per heavy atom. The van der Waals surface area contributed by atoms with Crippen LogP contribution < -0.4 is 10.1 Å². The van der Waals surface area contributed by atoms with E-state index < -0.39 is 0 Å². The summed E-state index contributed by atoms with van der Waals surface area (Å²) in [4.78, 5) is 0. The molecule has 0 aromatic heterocycles. The van der Waals surface area contributed by atoms with Gasteiger partial charge in [0.1, 0.15) is 11.4 Å². The third kappa shape index (κ3) is 2.37. The normalized spacial score (nSPS) is 33.8. The standard InChI is InChI=1S/C16H23NO2/c1-17-14-11-16(9-7-12(18-2)8-10-16)19-15-6-4-3-5-13(14)15/h3-6,12,14,17H,7-11H2,1-2H3. The van der Waals surface area contributed by atoms with Gasteiger partial charge in [-0.1, -0.05) is 18.2 Å². The van der Waals surface area contributed by atoms with Gasteiger partial charge in [-0.2, -0.15) is 0 Å². The van der Waals surface area contributed by atoms with Gasteiger partial charge in [0.2, 0.25) is 0 Å². The van der Waals surface area contributed by atoms with Gasteiger partial charge in [-0.3, -0.25) is 0 Å². The van der Waals surface area contributed by atoms with Gasteiger partial charge in [0.15, 0.2) is 0 Å². The van der Waals surface area contributed by atoms with Crippen molar-refractivity contribution in [2.45, 2.75) is 49.9 Å². The fraction of sp³-hybridized carbons (Fsp3) is 0.625. The van der Waals surface area contributed by atoms with E-state index in [2.05, 4.69) is 29.6 Å². The van der Waals surface area contributed by atoms with E-state index >= 15 is 0 Å². The lowest BCUT2D eigenvalue weighted by molar-refractivity contribution is -0.0449. The molecule has 1 heterocycles. The van der Waals surface area contributed by atoms with E-state index in [1.807, 2.05) is 14.2 Å². The van der Waals surface area contributed by atoms with Gasteiger partial charge in [-0.15, -0.1) is 0 Å². The minimum atomic E-state index is 0.0110. The van der Waals surface area contributed by atoms with Gasteiger partial charge >= 0.3 is 0 Å². The molecule has 1 saturated carbocycles. The minimum absolute atomic E-state index is 0.0110. The topological polar surface area (TPSA) is 30.5 Å². The average Bonchev–Trinajstić information content (AvgIpc) is 2.47. The summed E-state index contributed by atoms with van der Waals surface area (Å²) in [5.41, 5.74) is 1.31. The summed E-state index contributed by atoms with van der Waals surface area (Å²) in [6, 6.07) is 8.83. The highest BCUT2D eigenvalue weighted by atomic mass is 16.5. The second-order valence-electron chi connectivity index (χ2n) is 5.80. The van der Waals surface area contributed by atoms with Crippen molar-refractivity contribution in [1.82, 2.24) is 5.32 Å². The highest BCUT2D eigenvalue weighted by Crippen LogP contribution is 2.46. The molecular formula is C16H23NO2. The lowest BCUT2D eigenvalue weighted by Gasteiger charge is -2.45. The van der Waals surface area contributed by atoms with E-state index in [4.69, 9.17) is 9.47 Å². The predicted octanol–water partition coefficient (Wildman–Crippen LogP) is 3.06. The molecule has 1 fully saturated rings. The van der Waals surface area contributed by atoms with Crippen molar-refractivity contribution in [2.24, 2.45) is 0 Å². The van der Waals surface area contributed by atoms with Crippen molar-refractivity contribution in [3.63, 3.8) is 0 Å². The van der Waals surface area contributed by atoms with Gasteiger partial charge in [0.25, 0.3) is 0 Å². The Morgan fingerprint density at radius 1 is 1.26 bits per heavy atom. The quantitative estimate of drug-likeness (QED) is 0.887. The first-order valence-electron chi connectivity index (χ1n) is 7.24. The van der Waals surface area contributed by atoms with Crippen LogP contribution in [0.5, 0.6) is 5.75 Å². The first kappa shape index (κ1) is 12.9. The second kappa shape index (κ2) is 5.14. The van der Waals surface area contributed by atoms with Crippen LogP contribution in [0.25, 0.3) is 0 Å². The van der Waals surface area contributed by atoms with Gasteiger partial charge in [-0.25, -0.2) is 0 Å². The maximum absolute atomic E-state index is 6.39. The van der Waals surface area contributed by atoms with Crippen LogP contribution in [0.3, 0.4) is 0 Å². The number of methoxy groups -OCH3 is 1. The number of hydrogen-bond donors (Lipinski definition) is 1. The molecule has 1 aliphatic heterocycles. The van der Waals surface area contributed by atoms with Gasteiger partial charge in [0.05, 0.1) is 6.10 Å². The molecule has 1 unspecified atom stereocenters. The Morgan fingerprint density at radius 2 is 2.00 bits per heavy atom. The summed E-state index contributed by atoms with van der Waals surface area (Å²) in [6.45, 7) is 0. The molecule has 3 rings (SSSR count). The molecule has 0 amide bonds. The Kier molecular flexibility index (Phi) is 3.50. The van der Waals surface area contributed by atoms with Gasteiger partial charge in [-0.05, 0) is 38.8 Å². The molecule has 1 aliphatic carbocycles.